The van der Waals surface area contributed by atoms with Crippen LogP contribution in [0.2, 0.25) is 0 Å². The normalized spacial score (nSPS) is 21.9. The summed E-state index contributed by atoms with van der Waals surface area (Å²) in [6, 6.07) is 2.47. The van der Waals surface area contributed by atoms with E-state index in [-0.39, 0.29) is 31.8 Å². The van der Waals surface area contributed by atoms with Gasteiger partial charge in [0.2, 0.25) is 0 Å². The highest BCUT2D eigenvalue weighted by Gasteiger charge is 2.80. The summed E-state index contributed by atoms with van der Waals surface area (Å²) in [6.45, 7) is 0. The first-order chi connectivity index (χ1) is 23.2. The van der Waals surface area contributed by atoms with Gasteiger partial charge in [-0.05, 0) is 107 Å². The Morgan fingerprint density at radius 1 is 0.490 bits per heavy atom. The molecule has 248 valence electrons. The van der Waals surface area contributed by atoms with E-state index in [9.17, 15) is 9.59 Å². The first-order valence-corrected chi connectivity index (χ1v) is 16.5. The van der Waals surface area contributed by atoms with Gasteiger partial charge in [0.1, 0.15) is 0 Å². The van der Waals surface area contributed by atoms with Crippen LogP contribution in [0.3, 0.4) is 0 Å². The molecule has 2 aromatic rings. The molecule has 4 heterocycles. The van der Waals surface area contributed by atoms with Crippen molar-refractivity contribution in [2.45, 2.75) is 17.8 Å². The van der Waals surface area contributed by atoms with Crippen molar-refractivity contribution in [3.05, 3.63) is 139 Å². The van der Waals surface area contributed by atoms with Crippen molar-refractivity contribution in [3.63, 3.8) is 0 Å². The average Bonchev–Trinajstić information content (AvgIpc) is 3.72. The topological polar surface area (TPSA) is 40.6 Å². The van der Waals surface area contributed by atoms with Gasteiger partial charge in [-0.3, -0.25) is 9.59 Å². The number of alkyl halides is 6. The van der Waals surface area contributed by atoms with Crippen molar-refractivity contribution in [1.29, 1.82) is 0 Å². The quantitative estimate of drug-likeness (QED) is 0.383. The van der Waals surface area contributed by atoms with Crippen molar-refractivity contribution >= 4 is 67.7 Å². The Labute approximate surface area is 283 Å². The minimum absolute atomic E-state index is 0.0205. The van der Waals surface area contributed by atoms with Crippen molar-refractivity contribution < 1.29 is 35.9 Å². The molecule has 0 aromatic carbocycles. The SMILES string of the molecule is CN1C=CC(=c2cc(C3=C(c4cc(=C5C=CN(C)C=C5)sc4=C4C=CC(=O)C=C4)C(F)(F)C(F)(F)C3(F)F)c(=C3C=CC(=O)C=C3)s2)C=C1. The first-order valence-electron chi connectivity index (χ1n) is 14.8. The van der Waals surface area contributed by atoms with Gasteiger partial charge in [-0.15, -0.1) is 22.7 Å². The molecular weight excluding hydrogens is 683 g/mol. The van der Waals surface area contributed by atoms with Gasteiger partial charge in [0.05, 0.1) is 0 Å². The van der Waals surface area contributed by atoms with E-state index >= 15 is 26.3 Å². The molecular formula is C37H24F6N2O2S2. The van der Waals surface area contributed by atoms with Crippen LogP contribution < -0.4 is 18.1 Å². The second-order valence-corrected chi connectivity index (χ2v) is 13.8. The molecule has 0 fully saturated rings. The number of carbonyl (C=O) groups is 2. The lowest BCUT2D eigenvalue weighted by molar-refractivity contribution is -0.254. The second-order valence-electron chi connectivity index (χ2n) is 11.7. The third-order valence-corrected chi connectivity index (χ3v) is 10.9. The van der Waals surface area contributed by atoms with E-state index in [0.717, 1.165) is 22.7 Å². The molecule has 2 aliphatic heterocycles. The Morgan fingerprint density at radius 2 is 0.816 bits per heavy atom. The van der Waals surface area contributed by atoms with Gasteiger partial charge < -0.3 is 9.80 Å². The molecule has 0 N–H and O–H groups in total. The number of carbonyl (C=O) groups excluding carboxylic acids is 2. The van der Waals surface area contributed by atoms with Gasteiger partial charge in [0, 0.05) is 79.3 Å². The molecule has 5 aliphatic rings. The standard InChI is InChI=1S/C37H24F6N2O2S2/c1-44-15-11-21(12-16-44)29-19-27(33(48-29)23-3-7-25(46)8-4-23)31-32(36(40,41)37(42,43)35(31,38)39)28-20-30(22-13-17-45(2)18-14-22)49-34(28)24-5-9-26(47)10-6-24/h3-20H,1-2H3. The van der Waals surface area contributed by atoms with Crippen molar-refractivity contribution in [3.8, 4) is 0 Å². The van der Waals surface area contributed by atoms with Crippen molar-refractivity contribution in [2.24, 2.45) is 0 Å². The van der Waals surface area contributed by atoms with Gasteiger partial charge in [-0.25, -0.2) is 0 Å². The lowest BCUT2D eigenvalue weighted by Crippen LogP contribution is -2.49. The van der Waals surface area contributed by atoms with E-state index in [2.05, 4.69) is 0 Å². The number of hydrogen-bond acceptors (Lipinski definition) is 6. The zero-order chi connectivity index (χ0) is 34.9. The number of ketones is 2. The predicted octanol–water partition coefficient (Wildman–Crippen LogP) is 5.58. The number of nitrogens with zero attached hydrogens (tertiary/aromatic N) is 2. The van der Waals surface area contributed by atoms with Crippen LogP contribution in [0.4, 0.5) is 26.3 Å². The van der Waals surface area contributed by atoms with E-state index < -0.39 is 40.0 Å². The Morgan fingerprint density at radius 3 is 1.14 bits per heavy atom. The van der Waals surface area contributed by atoms with E-state index in [1.54, 1.807) is 73.0 Å². The molecule has 49 heavy (non-hydrogen) atoms. The molecule has 0 saturated carbocycles. The number of allylic oxidation sites excluding steroid dienone is 14. The zero-order valence-electron chi connectivity index (χ0n) is 25.7. The molecule has 7 rings (SSSR count). The minimum atomic E-state index is -5.80. The van der Waals surface area contributed by atoms with Crippen LogP contribution in [0.5, 0.6) is 0 Å². The van der Waals surface area contributed by atoms with Crippen molar-refractivity contribution in [1.82, 2.24) is 9.80 Å². The van der Waals surface area contributed by atoms with Crippen LogP contribution in [0.15, 0.2) is 110 Å². The predicted molar refractivity (Wildman–Crippen MR) is 181 cm³/mol. The van der Waals surface area contributed by atoms with Gasteiger partial charge in [0.25, 0.3) is 0 Å². The largest absolute Gasteiger partial charge is 0.380 e. The minimum Gasteiger partial charge on any atom is -0.357 e. The summed E-state index contributed by atoms with van der Waals surface area (Å²) >= 11 is 1.93. The fourth-order valence-electron chi connectivity index (χ4n) is 5.84. The first kappa shape index (κ1) is 32.6. The summed E-state index contributed by atoms with van der Waals surface area (Å²) < 4.78 is 97.4. The van der Waals surface area contributed by atoms with Crippen LogP contribution in [0.25, 0.3) is 33.4 Å². The molecule has 0 saturated heterocycles. The molecule has 12 heteroatoms. The average molecular weight is 707 g/mol. The highest BCUT2D eigenvalue weighted by atomic mass is 32.1. The third-order valence-electron chi connectivity index (χ3n) is 8.43. The summed E-state index contributed by atoms with van der Waals surface area (Å²) in [4.78, 5) is 27.4. The van der Waals surface area contributed by atoms with Gasteiger partial charge in [-0.2, -0.15) is 26.3 Å². The lowest BCUT2D eigenvalue weighted by atomic mass is 9.94. The summed E-state index contributed by atoms with van der Waals surface area (Å²) in [5, 5.41) is 0. The summed E-state index contributed by atoms with van der Waals surface area (Å²) in [5.74, 6) is -17.2. The number of rotatable bonds is 2. The number of thiophene rings is 2. The molecule has 0 spiro atoms. The highest BCUT2D eigenvalue weighted by molar-refractivity contribution is 7.08. The Hall–Kier alpha value is -4.94. The maximum atomic E-state index is 16.3. The fourth-order valence-corrected chi connectivity index (χ4v) is 8.19. The molecule has 0 atom stereocenters. The number of halogens is 6. The smallest absolute Gasteiger partial charge is 0.357 e. The Bertz CT molecular complexity index is 2160. The Balaban J connectivity index is 1.66. The van der Waals surface area contributed by atoms with E-state index in [4.69, 9.17) is 0 Å². The highest BCUT2D eigenvalue weighted by Crippen LogP contribution is 2.64. The fraction of sp³-hybridized carbons (Fsp3) is 0.135. The van der Waals surface area contributed by atoms with Gasteiger partial charge in [-0.1, -0.05) is 0 Å². The maximum Gasteiger partial charge on any atom is 0.380 e. The van der Waals surface area contributed by atoms with E-state index in [1.807, 2.05) is 0 Å². The van der Waals surface area contributed by atoms with Crippen LogP contribution in [-0.2, 0) is 9.59 Å². The summed E-state index contributed by atoms with van der Waals surface area (Å²) in [7, 11) is 3.54. The van der Waals surface area contributed by atoms with Crippen molar-refractivity contribution in [2.75, 3.05) is 14.1 Å². The monoisotopic (exact) mass is 706 g/mol. The lowest BCUT2D eigenvalue weighted by Gasteiger charge is -2.25. The Kier molecular flexibility index (Phi) is 7.71. The zero-order valence-corrected chi connectivity index (χ0v) is 27.3. The summed E-state index contributed by atoms with van der Waals surface area (Å²) in [5.41, 5.74) is -2.45. The van der Waals surface area contributed by atoms with E-state index in [0.29, 0.717) is 20.2 Å². The molecule has 3 aliphatic carbocycles. The molecule has 0 unspecified atom stereocenters. The second kappa shape index (κ2) is 11.6. The van der Waals surface area contributed by atoms with E-state index in [1.165, 1.54) is 60.7 Å². The molecule has 0 bridgehead atoms. The summed E-state index contributed by atoms with van der Waals surface area (Å²) in [6.07, 6.45) is 23.7. The molecule has 4 nitrogen and oxygen atoms in total. The maximum absolute atomic E-state index is 16.3. The van der Waals surface area contributed by atoms with Crippen LogP contribution in [0, 0.1) is 0 Å². The third kappa shape index (κ3) is 5.30. The van der Waals surface area contributed by atoms with Gasteiger partial charge in [0.15, 0.2) is 11.6 Å². The van der Waals surface area contributed by atoms with Crippen LogP contribution in [-0.4, -0.2) is 53.2 Å². The number of hydrogen-bond donors (Lipinski definition) is 0. The van der Waals surface area contributed by atoms with Crippen LogP contribution in [0.1, 0.15) is 11.1 Å². The van der Waals surface area contributed by atoms with Crippen LogP contribution >= 0.6 is 22.7 Å². The molecule has 2 aromatic heterocycles. The molecule has 0 radical (unpaired) electrons. The van der Waals surface area contributed by atoms with Gasteiger partial charge >= 0.3 is 17.8 Å². The molecule has 0 amide bonds.